The first-order chi connectivity index (χ1) is 19.8. The average molecular weight is 580 g/mol. The van der Waals surface area contributed by atoms with Crippen molar-refractivity contribution in [1.82, 2.24) is 14.3 Å². The van der Waals surface area contributed by atoms with Crippen LogP contribution in [0.5, 0.6) is 5.75 Å². The van der Waals surface area contributed by atoms with E-state index >= 15 is 0 Å². The maximum Gasteiger partial charge on any atom is 0.245 e. The standard InChI is InChI=1S/C29H37N7O4S/c1-29(2)19-30-26-25(29)27(31-22-8-4-5-9-24(22)41(37,38)36-12-6-7-13-36)34-28(33-26)32-21-11-10-20(18-23(21)39-3)35-14-16-40-17-15-35/h4-5,8-11,18H,6-7,12-17,19H2,1-3H3,(H3,30,31,32,33,34). The van der Waals surface area contributed by atoms with Crippen LogP contribution in [0.25, 0.3) is 0 Å². The summed E-state index contributed by atoms with van der Waals surface area (Å²) in [7, 11) is -2.00. The molecule has 0 aliphatic carbocycles. The number of fused-ring (bicyclic) bond motifs is 1. The molecule has 12 heteroatoms. The Kier molecular flexibility index (Phi) is 7.39. The van der Waals surface area contributed by atoms with Crippen molar-refractivity contribution in [3.8, 4) is 5.75 Å². The highest BCUT2D eigenvalue weighted by atomic mass is 32.2. The van der Waals surface area contributed by atoms with Crippen LogP contribution in [0.15, 0.2) is 47.4 Å². The fourth-order valence-electron chi connectivity index (χ4n) is 5.68. The number of rotatable bonds is 8. The largest absolute Gasteiger partial charge is 0.494 e. The lowest BCUT2D eigenvalue weighted by Gasteiger charge is -2.29. The first-order valence-electron chi connectivity index (χ1n) is 14.1. The second-order valence-electron chi connectivity index (χ2n) is 11.2. The van der Waals surface area contributed by atoms with Gasteiger partial charge in [-0.3, -0.25) is 0 Å². The fraction of sp³-hybridized carbons (Fsp3) is 0.448. The molecular weight excluding hydrogens is 542 g/mol. The number of nitrogens with one attached hydrogen (secondary N) is 3. The number of benzene rings is 2. The lowest BCUT2D eigenvalue weighted by molar-refractivity contribution is 0.122. The Hall–Kier alpha value is -3.61. The Morgan fingerprint density at radius 1 is 0.976 bits per heavy atom. The number of ether oxygens (including phenoxy) is 2. The Morgan fingerprint density at radius 2 is 1.73 bits per heavy atom. The summed E-state index contributed by atoms with van der Waals surface area (Å²) >= 11 is 0. The van der Waals surface area contributed by atoms with Gasteiger partial charge in [0.1, 0.15) is 22.3 Å². The number of nitrogens with zero attached hydrogens (tertiary/aromatic N) is 4. The molecule has 2 aromatic carbocycles. The van der Waals surface area contributed by atoms with Gasteiger partial charge in [-0.15, -0.1) is 0 Å². The highest BCUT2D eigenvalue weighted by molar-refractivity contribution is 7.89. The first kappa shape index (κ1) is 27.6. The zero-order chi connectivity index (χ0) is 28.6. The van der Waals surface area contributed by atoms with Gasteiger partial charge < -0.3 is 30.3 Å². The second kappa shape index (κ2) is 11.0. The van der Waals surface area contributed by atoms with Gasteiger partial charge in [0.05, 0.1) is 31.7 Å². The van der Waals surface area contributed by atoms with Crippen LogP contribution in [-0.4, -0.2) is 75.7 Å². The quantitative estimate of drug-likeness (QED) is 0.356. The van der Waals surface area contributed by atoms with Crippen molar-refractivity contribution in [3.05, 3.63) is 48.0 Å². The summed E-state index contributed by atoms with van der Waals surface area (Å²) in [6.07, 6.45) is 1.75. The lowest BCUT2D eigenvalue weighted by atomic mass is 9.88. The highest BCUT2D eigenvalue weighted by Gasteiger charge is 2.36. The maximum atomic E-state index is 13.5. The van der Waals surface area contributed by atoms with Crippen LogP contribution in [0, 0.1) is 0 Å². The predicted molar refractivity (Wildman–Crippen MR) is 161 cm³/mol. The number of hydrogen-bond acceptors (Lipinski definition) is 10. The van der Waals surface area contributed by atoms with Gasteiger partial charge in [-0.1, -0.05) is 26.0 Å². The van der Waals surface area contributed by atoms with Crippen LogP contribution >= 0.6 is 0 Å². The Morgan fingerprint density at radius 3 is 2.49 bits per heavy atom. The molecule has 3 aromatic rings. The monoisotopic (exact) mass is 579 g/mol. The minimum absolute atomic E-state index is 0.243. The molecule has 11 nitrogen and oxygen atoms in total. The fourth-order valence-corrected chi connectivity index (χ4v) is 7.35. The second-order valence-corrected chi connectivity index (χ2v) is 13.1. The number of para-hydroxylation sites is 1. The van der Waals surface area contributed by atoms with Crippen LogP contribution in [-0.2, 0) is 20.2 Å². The average Bonchev–Trinajstić information content (AvgIpc) is 3.63. The molecular formula is C29H37N7O4S. The van der Waals surface area contributed by atoms with Crippen LogP contribution in [0.3, 0.4) is 0 Å². The summed E-state index contributed by atoms with van der Waals surface area (Å²) in [5, 5.41) is 10.1. The van der Waals surface area contributed by atoms with E-state index in [0.29, 0.717) is 61.9 Å². The third-order valence-corrected chi connectivity index (χ3v) is 9.87. The van der Waals surface area contributed by atoms with E-state index in [1.54, 1.807) is 29.6 Å². The van der Waals surface area contributed by atoms with Crippen molar-refractivity contribution in [2.75, 3.05) is 73.9 Å². The molecule has 3 aliphatic heterocycles. The van der Waals surface area contributed by atoms with Crippen LogP contribution in [0.4, 0.5) is 34.6 Å². The van der Waals surface area contributed by atoms with E-state index < -0.39 is 10.0 Å². The van der Waals surface area contributed by atoms with E-state index in [4.69, 9.17) is 19.4 Å². The van der Waals surface area contributed by atoms with Gasteiger partial charge in [0.15, 0.2) is 0 Å². The lowest BCUT2D eigenvalue weighted by Crippen LogP contribution is -2.36. The molecule has 1 aromatic heterocycles. The van der Waals surface area contributed by atoms with Gasteiger partial charge in [0, 0.05) is 55.5 Å². The number of anilines is 6. The number of sulfonamides is 1. The summed E-state index contributed by atoms with van der Waals surface area (Å²) in [6, 6.07) is 13.0. The van der Waals surface area contributed by atoms with Gasteiger partial charge in [-0.25, -0.2) is 8.42 Å². The molecule has 218 valence electrons. The molecule has 4 heterocycles. The zero-order valence-corrected chi connectivity index (χ0v) is 24.6. The molecule has 0 saturated carbocycles. The van der Waals surface area contributed by atoms with Crippen molar-refractivity contribution in [1.29, 1.82) is 0 Å². The summed E-state index contributed by atoms with van der Waals surface area (Å²) in [5.41, 5.74) is 2.92. The summed E-state index contributed by atoms with van der Waals surface area (Å²) < 4.78 is 39.8. The van der Waals surface area contributed by atoms with E-state index in [0.717, 1.165) is 42.9 Å². The third-order valence-electron chi connectivity index (χ3n) is 7.91. The van der Waals surface area contributed by atoms with Crippen LogP contribution in [0.2, 0.25) is 0 Å². The predicted octanol–water partition coefficient (Wildman–Crippen LogP) is 4.30. The molecule has 0 unspecified atom stereocenters. The van der Waals surface area contributed by atoms with E-state index in [1.165, 1.54) is 0 Å². The first-order valence-corrected chi connectivity index (χ1v) is 15.5. The maximum absolute atomic E-state index is 13.5. The van der Waals surface area contributed by atoms with Crippen molar-refractivity contribution < 1.29 is 17.9 Å². The van der Waals surface area contributed by atoms with Crippen LogP contribution in [0.1, 0.15) is 32.3 Å². The van der Waals surface area contributed by atoms with Gasteiger partial charge in [0.25, 0.3) is 0 Å². The molecule has 0 radical (unpaired) electrons. The van der Waals surface area contributed by atoms with Gasteiger partial charge >= 0.3 is 0 Å². The summed E-state index contributed by atoms with van der Waals surface area (Å²) in [4.78, 5) is 12.2. The summed E-state index contributed by atoms with van der Waals surface area (Å²) in [6.45, 7) is 9.06. The number of morpholine rings is 1. The number of hydrogen-bond donors (Lipinski definition) is 3. The normalized spacial score (nSPS) is 18.6. The number of aromatic nitrogens is 2. The molecule has 2 saturated heterocycles. The van der Waals surface area contributed by atoms with Crippen LogP contribution < -0.4 is 25.6 Å². The Balaban J connectivity index is 1.35. The Labute approximate surface area is 241 Å². The molecule has 3 aliphatic rings. The minimum Gasteiger partial charge on any atom is -0.494 e. The zero-order valence-electron chi connectivity index (χ0n) is 23.7. The molecule has 41 heavy (non-hydrogen) atoms. The smallest absolute Gasteiger partial charge is 0.245 e. The van der Waals surface area contributed by atoms with Gasteiger partial charge in [-0.05, 0) is 37.1 Å². The molecule has 0 spiro atoms. The molecule has 0 bridgehead atoms. The van der Waals surface area contributed by atoms with E-state index in [9.17, 15) is 8.42 Å². The molecule has 3 N–H and O–H groups in total. The third kappa shape index (κ3) is 5.39. The molecule has 2 fully saturated rings. The summed E-state index contributed by atoms with van der Waals surface area (Å²) in [5.74, 6) is 2.30. The van der Waals surface area contributed by atoms with Crippen molar-refractivity contribution in [2.24, 2.45) is 0 Å². The van der Waals surface area contributed by atoms with Crippen molar-refractivity contribution in [2.45, 2.75) is 37.0 Å². The van der Waals surface area contributed by atoms with Crippen molar-refractivity contribution in [3.63, 3.8) is 0 Å². The molecule has 6 rings (SSSR count). The van der Waals surface area contributed by atoms with E-state index in [1.807, 2.05) is 24.3 Å². The van der Waals surface area contributed by atoms with E-state index in [2.05, 4.69) is 34.7 Å². The molecule has 0 amide bonds. The topological polar surface area (TPSA) is 121 Å². The SMILES string of the molecule is COc1cc(N2CCOCC2)ccc1Nc1nc2c(c(Nc3ccccc3S(=O)(=O)N3CCCC3)n1)C(C)(C)CN2. The van der Waals surface area contributed by atoms with Gasteiger partial charge in [0.2, 0.25) is 16.0 Å². The highest BCUT2D eigenvalue weighted by Crippen LogP contribution is 2.42. The Bertz CT molecular complexity index is 1530. The van der Waals surface area contributed by atoms with E-state index in [-0.39, 0.29) is 10.3 Å². The number of methoxy groups -OCH3 is 1. The van der Waals surface area contributed by atoms with Gasteiger partial charge in [-0.2, -0.15) is 14.3 Å². The minimum atomic E-state index is -3.65. The van der Waals surface area contributed by atoms with Crippen molar-refractivity contribution >= 4 is 44.7 Å². The molecule has 0 atom stereocenters.